The molecule has 1 saturated heterocycles. The number of nitrogens with one attached hydrogen (secondary N) is 2. The van der Waals surface area contributed by atoms with E-state index in [9.17, 15) is 18.0 Å². The Hall–Kier alpha value is -2.10. The maximum absolute atomic E-state index is 13.3. The maximum atomic E-state index is 13.3. The van der Waals surface area contributed by atoms with Crippen molar-refractivity contribution in [2.45, 2.75) is 50.1 Å². The predicted molar refractivity (Wildman–Crippen MR) is 105 cm³/mol. The van der Waals surface area contributed by atoms with E-state index >= 15 is 0 Å². The molecule has 1 saturated carbocycles. The molecule has 1 aromatic carbocycles. The third kappa shape index (κ3) is 3.11. The molecule has 6 nitrogen and oxygen atoms in total. The van der Waals surface area contributed by atoms with Gasteiger partial charge in [0.25, 0.3) is 5.91 Å². The van der Waals surface area contributed by atoms with Crippen LogP contribution < -0.4 is 10.6 Å². The monoisotopic (exact) mass is 439 g/mol. The molecule has 2 N–H and O–H groups in total. The molecule has 0 spiro atoms. The smallest absolute Gasteiger partial charge is 0.323 e. The van der Waals surface area contributed by atoms with E-state index in [1.165, 1.54) is 6.07 Å². The Kier molecular flexibility index (Phi) is 4.61. The lowest BCUT2D eigenvalue weighted by atomic mass is 9.75. The predicted octanol–water partition coefficient (Wildman–Crippen LogP) is 3.36. The summed E-state index contributed by atoms with van der Waals surface area (Å²) in [6, 6.07) is 3.46. The van der Waals surface area contributed by atoms with E-state index in [1.54, 1.807) is 0 Å². The number of nitrogens with zero attached hydrogens (tertiary/aromatic N) is 3. The number of halogens is 4. The summed E-state index contributed by atoms with van der Waals surface area (Å²) in [6.45, 7) is 3.51. The van der Waals surface area contributed by atoms with Crippen molar-refractivity contribution in [2.75, 3.05) is 18.4 Å². The van der Waals surface area contributed by atoms with Gasteiger partial charge >= 0.3 is 6.18 Å². The van der Waals surface area contributed by atoms with Crippen molar-refractivity contribution in [1.29, 1.82) is 0 Å². The second kappa shape index (κ2) is 6.96. The van der Waals surface area contributed by atoms with Crippen molar-refractivity contribution >= 4 is 23.2 Å². The van der Waals surface area contributed by atoms with Gasteiger partial charge in [0.05, 0.1) is 28.2 Å². The second-order valence-corrected chi connectivity index (χ2v) is 8.68. The summed E-state index contributed by atoms with van der Waals surface area (Å²) < 4.78 is 40.5. The van der Waals surface area contributed by atoms with E-state index in [0.717, 1.165) is 56.0 Å². The summed E-state index contributed by atoms with van der Waals surface area (Å²) in [5, 5.41) is 10.4. The SMILES string of the molecule is O=C(Nc1ccc(C(F)(F)F)cc1Cl)C1(n2ncc3c2CN(C2CNC2)C3)CCC1. The quantitative estimate of drug-likeness (QED) is 0.767. The fraction of sp³-hybridized carbons (Fsp3) is 0.500. The van der Waals surface area contributed by atoms with Crippen LogP contribution in [0.4, 0.5) is 18.9 Å². The van der Waals surface area contributed by atoms with Gasteiger partial charge < -0.3 is 10.6 Å². The molecule has 0 radical (unpaired) electrons. The van der Waals surface area contributed by atoms with Gasteiger partial charge in [-0.3, -0.25) is 14.4 Å². The minimum Gasteiger partial charge on any atom is -0.323 e. The van der Waals surface area contributed by atoms with E-state index in [-0.39, 0.29) is 16.6 Å². The summed E-state index contributed by atoms with van der Waals surface area (Å²) in [4.78, 5) is 15.6. The van der Waals surface area contributed by atoms with E-state index in [1.807, 2.05) is 10.9 Å². The Labute approximate surface area is 176 Å². The van der Waals surface area contributed by atoms with Gasteiger partial charge in [0.15, 0.2) is 0 Å². The van der Waals surface area contributed by atoms with Crippen molar-refractivity contribution < 1.29 is 18.0 Å². The van der Waals surface area contributed by atoms with Gasteiger partial charge in [0.1, 0.15) is 5.54 Å². The molecule has 2 fully saturated rings. The van der Waals surface area contributed by atoms with E-state index < -0.39 is 17.3 Å². The Morgan fingerprint density at radius 2 is 2.03 bits per heavy atom. The number of carbonyl (C=O) groups is 1. The second-order valence-electron chi connectivity index (χ2n) is 8.28. The molecule has 0 unspecified atom stereocenters. The van der Waals surface area contributed by atoms with Crippen LogP contribution in [0, 0.1) is 0 Å². The normalized spacial score (nSPS) is 21.1. The molecule has 3 aliphatic rings. The first-order valence-electron chi connectivity index (χ1n) is 9.97. The zero-order valence-electron chi connectivity index (χ0n) is 16.1. The van der Waals surface area contributed by atoms with Gasteiger partial charge in [0, 0.05) is 37.8 Å². The fourth-order valence-corrected chi connectivity index (χ4v) is 4.64. The number of amides is 1. The molecule has 1 aliphatic carbocycles. The van der Waals surface area contributed by atoms with Crippen LogP contribution in [-0.2, 0) is 29.6 Å². The van der Waals surface area contributed by atoms with Crippen LogP contribution in [0.1, 0.15) is 36.1 Å². The molecule has 3 heterocycles. The van der Waals surface area contributed by atoms with Crippen molar-refractivity contribution in [1.82, 2.24) is 20.0 Å². The number of carbonyl (C=O) groups excluding carboxylic acids is 1. The number of aromatic nitrogens is 2. The van der Waals surface area contributed by atoms with Crippen molar-refractivity contribution in [3.05, 3.63) is 46.2 Å². The molecular formula is C20H21ClF3N5O. The van der Waals surface area contributed by atoms with Gasteiger partial charge in [-0.2, -0.15) is 18.3 Å². The fourth-order valence-electron chi connectivity index (χ4n) is 4.41. The number of anilines is 1. The Morgan fingerprint density at radius 1 is 1.27 bits per heavy atom. The van der Waals surface area contributed by atoms with Gasteiger partial charge in [-0.05, 0) is 37.5 Å². The molecular weight excluding hydrogens is 419 g/mol. The first-order valence-corrected chi connectivity index (χ1v) is 10.3. The summed E-state index contributed by atoms with van der Waals surface area (Å²) in [6.07, 6.45) is -0.496. The van der Waals surface area contributed by atoms with E-state index in [4.69, 9.17) is 11.6 Å². The molecule has 1 aromatic heterocycles. The van der Waals surface area contributed by atoms with Crippen LogP contribution >= 0.6 is 11.6 Å². The molecule has 10 heteroatoms. The van der Waals surface area contributed by atoms with Crippen molar-refractivity contribution in [3.63, 3.8) is 0 Å². The minimum atomic E-state index is -4.49. The molecule has 30 heavy (non-hydrogen) atoms. The standard InChI is InChI=1S/C20H21ClF3N5O/c21-15-6-13(20(22,23)24)2-3-16(15)27-18(30)19(4-1-5-19)29-17-11-28(14-8-25-9-14)10-12(17)7-26-29/h2-3,6-7,14,25H,1,4-5,8-11H2,(H,27,30). The van der Waals surface area contributed by atoms with Gasteiger partial charge in [-0.25, -0.2) is 0 Å². The van der Waals surface area contributed by atoms with Gasteiger partial charge in [0.2, 0.25) is 0 Å². The first-order chi connectivity index (χ1) is 14.3. The van der Waals surface area contributed by atoms with Crippen LogP contribution in [0.15, 0.2) is 24.4 Å². The number of hydrogen-bond donors (Lipinski definition) is 2. The molecule has 0 atom stereocenters. The summed E-state index contributed by atoms with van der Waals surface area (Å²) in [5.41, 5.74) is 0.683. The highest BCUT2D eigenvalue weighted by atomic mass is 35.5. The van der Waals surface area contributed by atoms with E-state index in [2.05, 4.69) is 20.6 Å². The maximum Gasteiger partial charge on any atom is 0.416 e. The minimum absolute atomic E-state index is 0.137. The Bertz CT molecular complexity index is 997. The third-order valence-corrected chi connectivity index (χ3v) is 6.82. The molecule has 2 aromatic rings. The summed E-state index contributed by atoms with van der Waals surface area (Å²) in [7, 11) is 0. The molecule has 160 valence electrons. The van der Waals surface area contributed by atoms with Crippen molar-refractivity contribution in [2.24, 2.45) is 0 Å². The number of alkyl halides is 3. The molecule has 1 amide bonds. The largest absolute Gasteiger partial charge is 0.416 e. The van der Waals surface area contributed by atoms with E-state index in [0.29, 0.717) is 18.9 Å². The topological polar surface area (TPSA) is 62.2 Å². The highest BCUT2D eigenvalue weighted by Gasteiger charge is 2.49. The number of hydrogen-bond acceptors (Lipinski definition) is 4. The van der Waals surface area contributed by atoms with Crippen LogP contribution in [0.5, 0.6) is 0 Å². The summed E-state index contributed by atoms with van der Waals surface area (Å²) >= 11 is 6.04. The Morgan fingerprint density at radius 3 is 2.60 bits per heavy atom. The highest BCUT2D eigenvalue weighted by molar-refractivity contribution is 6.33. The van der Waals surface area contributed by atoms with Crippen molar-refractivity contribution in [3.8, 4) is 0 Å². The average Bonchev–Trinajstić information content (AvgIpc) is 3.15. The first kappa shape index (κ1) is 19.8. The van der Waals surface area contributed by atoms with Gasteiger partial charge in [-0.15, -0.1) is 0 Å². The van der Waals surface area contributed by atoms with Crippen LogP contribution in [0.3, 0.4) is 0 Å². The lowest BCUT2D eigenvalue weighted by molar-refractivity contribution is -0.137. The van der Waals surface area contributed by atoms with Gasteiger partial charge in [-0.1, -0.05) is 11.6 Å². The van der Waals surface area contributed by atoms with Crippen LogP contribution in [0.2, 0.25) is 5.02 Å². The number of benzene rings is 1. The highest BCUT2D eigenvalue weighted by Crippen LogP contribution is 2.43. The van der Waals surface area contributed by atoms with Crippen LogP contribution in [0.25, 0.3) is 0 Å². The lowest BCUT2D eigenvalue weighted by Gasteiger charge is -2.41. The molecule has 5 rings (SSSR count). The number of fused-ring (bicyclic) bond motifs is 1. The Balaban J connectivity index is 1.38. The zero-order valence-corrected chi connectivity index (χ0v) is 16.9. The molecule has 2 aliphatic heterocycles. The molecule has 0 bridgehead atoms. The zero-order chi connectivity index (χ0) is 21.1. The number of rotatable bonds is 4. The van der Waals surface area contributed by atoms with Crippen LogP contribution in [-0.4, -0.2) is 39.7 Å². The summed E-state index contributed by atoms with van der Waals surface area (Å²) in [5.74, 6) is -0.287. The average molecular weight is 440 g/mol. The third-order valence-electron chi connectivity index (χ3n) is 6.51. The lowest BCUT2D eigenvalue weighted by Crippen LogP contribution is -2.56.